The van der Waals surface area contributed by atoms with Crippen LogP contribution in [0.5, 0.6) is 0 Å². The third-order valence-electron chi connectivity index (χ3n) is 1.70. The van der Waals surface area contributed by atoms with Crippen LogP contribution >= 0.6 is 0 Å². The van der Waals surface area contributed by atoms with Crippen molar-refractivity contribution in [3.8, 4) is 0 Å². The minimum atomic E-state index is -3.81. The molecular formula is C9H18O3S. The van der Waals surface area contributed by atoms with Crippen LogP contribution in [0.25, 0.3) is 0 Å². The van der Waals surface area contributed by atoms with E-state index in [1.807, 2.05) is 6.08 Å². The Balaban J connectivity index is 3.33. The van der Waals surface area contributed by atoms with Crippen LogP contribution in [0.2, 0.25) is 0 Å². The highest BCUT2D eigenvalue weighted by molar-refractivity contribution is 7.85. The van der Waals surface area contributed by atoms with Gasteiger partial charge in [0, 0.05) is 0 Å². The monoisotopic (exact) mass is 206 g/mol. The van der Waals surface area contributed by atoms with E-state index in [1.54, 1.807) is 0 Å². The van der Waals surface area contributed by atoms with Gasteiger partial charge in [0.1, 0.15) is 0 Å². The average molecular weight is 206 g/mol. The lowest BCUT2D eigenvalue weighted by Gasteiger charge is -1.93. The van der Waals surface area contributed by atoms with E-state index >= 15 is 0 Å². The van der Waals surface area contributed by atoms with E-state index in [0.29, 0.717) is 0 Å². The Bertz CT molecular complexity index is 229. The van der Waals surface area contributed by atoms with Crippen LogP contribution in [-0.2, 0) is 10.1 Å². The summed E-state index contributed by atoms with van der Waals surface area (Å²) in [6.45, 7) is 2.15. The first-order chi connectivity index (χ1) is 6.06. The molecule has 13 heavy (non-hydrogen) atoms. The van der Waals surface area contributed by atoms with Crippen molar-refractivity contribution in [1.29, 1.82) is 0 Å². The van der Waals surface area contributed by atoms with E-state index < -0.39 is 10.1 Å². The molecule has 0 radical (unpaired) electrons. The molecule has 0 aromatic rings. The van der Waals surface area contributed by atoms with Crippen LogP contribution in [0, 0.1) is 0 Å². The van der Waals surface area contributed by atoms with Crippen molar-refractivity contribution in [2.75, 3.05) is 5.75 Å². The predicted molar refractivity (Wildman–Crippen MR) is 54.3 cm³/mol. The molecule has 0 unspecified atom stereocenters. The van der Waals surface area contributed by atoms with Crippen LogP contribution in [0.1, 0.15) is 39.0 Å². The molecule has 3 nitrogen and oxygen atoms in total. The van der Waals surface area contributed by atoms with Crippen molar-refractivity contribution in [2.45, 2.75) is 39.0 Å². The standard InChI is InChI=1S/C9H18O3S/c1-2-3-4-5-6-7-8-9-13(10,11)12/h7-8H,2-6,9H2,1H3,(H,10,11,12)/b8-7+. The average Bonchev–Trinajstić information content (AvgIpc) is 2.01. The van der Waals surface area contributed by atoms with Crippen molar-refractivity contribution in [2.24, 2.45) is 0 Å². The molecule has 0 heterocycles. The highest BCUT2D eigenvalue weighted by atomic mass is 32.2. The third kappa shape index (κ3) is 11.7. The number of unbranched alkanes of at least 4 members (excludes halogenated alkanes) is 4. The quantitative estimate of drug-likeness (QED) is 0.395. The van der Waals surface area contributed by atoms with Crippen LogP contribution in [0.4, 0.5) is 0 Å². The fourth-order valence-corrected chi connectivity index (χ4v) is 1.38. The highest BCUT2D eigenvalue weighted by Crippen LogP contribution is 2.02. The second-order valence-corrected chi connectivity index (χ2v) is 4.57. The van der Waals surface area contributed by atoms with Gasteiger partial charge >= 0.3 is 0 Å². The Hall–Kier alpha value is -0.350. The van der Waals surface area contributed by atoms with E-state index in [9.17, 15) is 8.42 Å². The van der Waals surface area contributed by atoms with Crippen LogP contribution < -0.4 is 0 Å². The minimum Gasteiger partial charge on any atom is -0.285 e. The summed E-state index contributed by atoms with van der Waals surface area (Å²) in [6.07, 6.45) is 8.92. The first-order valence-electron chi connectivity index (χ1n) is 4.66. The van der Waals surface area contributed by atoms with Gasteiger partial charge in [0.15, 0.2) is 0 Å². The molecule has 0 saturated carbocycles. The van der Waals surface area contributed by atoms with Crippen LogP contribution in [0.15, 0.2) is 12.2 Å². The Morgan fingerprint density at radius 1 is 1.15 bits per heavy atom. The van der Waals surface area contributed by atoms with Crippen molar-refractivity contribution in [3.63, 3.8) is 0 Å². The van der Waals surface area contributed by atoms with E-state index in [2.05, 4.69) is 6.92 Å². The smallest absolute Gasteiger partial charge is 0.268 e. The molecule has 1 N–H and O–H groups in total. The zero-order valence-electron chi connectivity index (χ0n) is 8.07. The van der Waals surface area contributed by atoms with Gasteiger partial charge in [-0.25, -0.2) is 0 Å². The maximum absolute atomic E-state index is 10.3. The second kappa shape index (κ2) is 7.09. The summed E-state index contributed by atoms with van der Waals surface area (Å²) in [6, 6.07) is 0. The fraction of sp³-hybridized carbons (Fsp3) is 0.778. The molecule has 0 aliphatic carbocycles. The summed E-state index contributed by atoms with van der Waals surface area (Å²) in [5.74, 6) is -0.263. The summed E-state index contributed by atoms with van der Waals surface area (Å²) < 4.78 is 28.9. The molecule has 0 aromatic heterocycles. The molecule has 0 amide bonds. The van der Waals surface area contributed by atoms with E-state index in [4.69, 9.17) is 4.55 Å². The van der Waals surface area contributed by atoms with E-state index in [1.165, 1.54) is 25.3 Å². The number of allylic oxidation sites excluding steroid dienone is 1. The van der Waals surface area contributed by atoms with Crippen LogP contribution in [-0.4, -0.2) is 18.7 Å². The molecule has 0 aliphatic rings. The summed E-state index contributed by atoms with van der Waals surface area (Å²) in [5.41, 5.74) is 0. The normalized spacial score (nSPS) is 12.5. The molecule has 0 spiro atoms. The fourth-order valence-electron chi connectivity index (χ4n) is 0.996. The van der Waals surface area contributed by atoms with Crippen molar-refractivity contribution < 1.29 is 13.0 Å². The molecule has 0 aromatic carbocycles. The van der Waals surface area contributed by atoms with Gasteiger partial charge in [-0.1, -0.05) is 38.3 Å². The van der Waals surface area contributed by atoms with Crippen molar-refractivity contribution in [1.82, 2.24) is 0 Å². The van der Waals surface area contributed by atoms with Gasteiger partial charge in [0.2, 0.25) is 0 Å². The zero-order valence-corrected chi connectivity index (χ0v) is 8.89. The molecular weight excluding hydrogens is 188 g/mol. The highest BCUT2D eigenvalue weighted by Gasteiger charge is 1.97. The van der Waals surface area contributed by atoms with Gasteiger partial charge in [-0.3, -0.25) is 4.55 Å². The van der Waals surface area contributed by atoms with E-state index in [0.717, 1.165) is 12.8 Å². The summed E-state index contributed by atoms with van der Waals surface area (Å²) in [7, 11) is -3.81. The number of rotatable bonds is 7. The summed E-state index contributed by atoms with van der Waals surface area (Å²) >= 11 is 0. The predicted octanol–water partition coefficient (Wildman–Crippen LogP) is 2.40. The number of hydrogen-bond donors (Lipinski definition) is 1. The number of hydrogen-bond acceptors (Lipinski definition) is 2. The maximum Gasteiger partial charge on any atom is 0.268 e. The van der Waals surface area contributed by atoms with Gasteiger partial charge in [0.05, 0.1) is 5.75 Å². The molecule has 4 heteroatoms. The van der Waals surface area contributed by atoms with E-state index in [-0.39, 0.29) is 5.75 Å². The molecule has 0 bridgehead atoms. The Labute approximate surface area is 80.6 Å². The lowest BCUT2D eigenvalue weighted by molar-refractivity contribution is 0.486. The molecule has 0 fully saturated rings. The van der Waals surface area contributed by atoms with Crippen LogP contribution in [0.3, 0.4) is 0 Å². The second-order valence-electron chi connectivity index (χ2n) is 3.07. The summed E-state index contributed by atoms with van der Waals surface area (Å²) in [5, 5.41) is 0. The van der Waals surface area contributed by atoms with Gasteiger partial charge in [-0.2, -0.15) is 8.42 Å². The molecule has 0 saturated heterocycles. The van der Waals surface area contributed by atoms with Crippen molar-refractivity contribution >= 4 is 10.1 Å². The molecule has 0 rings (SSSR count). The maximum atomic E-state index is 10.3. The van der Waals surface area contributed by atoms with Gasteiger partial charge in [-0.15, -0.1) is 0 Å². The Morgan fingerprint density at radius 3 is 2.38 bits per heavy atom. The minimum absolute atomic E-state index is 0.263. The largest absolute Gasteiger partial charge is 0.285 e. The van der Waals surface area contributed by atoms with Gasteiger partial charge in [-0.05, 0) is 12.8 Å². The third-order valence-corrected chi connectivity index (χ3v) is 2.31. The SMILES string of the molecule is CCCCCC/C=C/CS(=O)(=O)O. The zero-order chi connectivity index (χ0) is 10.2. The first-order valence-corrected chi connectivity index (χ1v) is 6.27. The Morgan fingerprint density at radius 2 is 1.85 bits per heavy atom. The lowest BCUT2D eigenvalue weighted by atomic mass is 10.1. The molecule has 78 valence electrons. The van der Waals surface area contributed by atoms with Gasteiger partial charge in [0.25, 0.3) is 10.1 Å². The van der Waals surface area contributed by atoms with Gasteiger partial charge < -0.3 is 0 Å². The molecule has 0 atom stereocenters. The summed E-state index contributed by atoms with van der Waals surface area (Å²) in [4.78, 5) is 0. The lowest BCUT2D eigenvalue weighted by Crippen LogP contribution is -1.99. The van der Waals surface area contributed by atoms with Crippen molar-refractivity contribution in [3.05, 3.63) is 12.2 Å². The molecule has 0 aliphatic heterocycles. The topological polar surface area (TPSA) is 54.4 Å². The Kier molecular flexibility index (Phi) is 6.90. The first kappa shape index (κ1) is 12.7.